The van der Waals surface area contributed by atoms with E-state index in [1.54, 1.807) is 0 Å². The van der Waals surface area contributed by atoms with Crippen LogP contribution in [0.4, 0.5) is 0 Å². The molecule has 0 aliphatic carbocycles. The molecule has 0 N–H and O–H groups in total. The normalized spacial score (nSPS) is 10.5. The molecule has 0 fully saturated rings. The third kappa shape index (κ3) is 2.11. The first-order valence-electron chi connectivity index (χ1n) is 4.54. The number of rotatable bonds is 2. The van der Waals surface area contributed by atoms with Crippen molar-refractivity contribution in [2.45, 2.75) is 13.5 Å². The summed E-state index contributed by atoms with van der Waals surface area (Å²) in [4.78, 5) is 11.2. The van der Waals surface area contributed by atoms with Gasteiger partial charge in [0.1, 0.15) is 0 Å². The Bertz CT molecular complexity index is 513. The van der Waals surface area contributed by atoms with Crippen molar-refractivity contribution in [2.24, 2.45) is 0 Å². The molecule has 1 heterocycles. The summed E-state index contributed by atoms with van der Waals surface area (Å²) in [6.45, 7) is 2.37. The van der Waals surface area contributed by atoms with E-state index in [1.165, 1.54) is 4.68 Å². The Labute approximate surface area is 100 Å². The molecule has 2 aromatic rings. The van der Waals surface area contributed by atoms with Gasteiger partial charge in [0.15, 0.2) is 0 Å². The molecule has 1 aromatic heterocycles. The molecule has 0 saturated carbocycles. The van der Waals surface area contributed by atoms with E-state index < -0.39 is 5.76 Å². The average molecular weight is 316 g/mol. The predicted molar refractivity (Wildman–Crippen MR) is 64.6 cm³/mol. The molecule has 0 unspecified atom stereocenters. The van der Waals surface area contributed by atoms with Gasteiger partial charge in [-0.1, -0.05) is 0 Å². The minimum atomic E-state index is -0.411. The molecule has 2 rings (SSSR count). The fourth-order valence-electron chi connectivity index (χ4n) is 1.22. The number of hydrogen-bond donors (Lipinski definition) is 0. The van der Waals surface area contributed by atoms with Gasteiger partial charge in [-0.15, -0.1) is 5.10 Å². The van der Waals surface area contributed by atoms with Crippen molar-refractivity contribution in [3.8, 4) is 11.5 Å². The van der Waals surface area contributed by atoms with Gasteiger partial charge in [-0.2, -0.15) is 4.68 Å². The lowest BCUT2D eigenvalue weighted by Gasteiger charge is -1.93. The third-order valence-electron chi connectivity index (χ3n) is 2.00. The molecule has 0 spiro atoms. The van der Waals surface area contributed by atoms with E-state index in [4.69, 9.17) is 4.42 Å². The van der Waals surface area contributed by atoms with Crippen LogP contribution in [0, 0.1) is 3.57 Å². The molecule has 0 radical (unpaired) electrons. The first kappa shape index (κ1) is 10.4. The van der Waals surface area contributed by atoms with Crippen LogP contribution < -0.4 is 5.76 Å². The number of nitrogens with zero attached hydrogens (tertiary/aromatic N) is 2. The molecule has 0 aliphatic heterocycles. The van der Waals surface area contributed by atoms with E-state index in [2.05, 4.69) is 27.7 Å². The smallest absolute Gasteiger partial charge is 0.388 e. The summed E-state index contributed by atoms with van der Waals surface area (Å²) in [5.74, 6) is -0.0377. The van der Waals surface area contributed by atoms with Crippen LogP contribution in [-0.4, -0.2) is 9.78 Å². The summed E-state index contributed by atoms with van der Waals surface area (Å²) in [7, 11) is 0. The van der Waals surface area contributed by atoms with Crippen molar-refractivity contribution in [1.82, 2.24) is 9.78 Å². The van der Waals surface area contributed by atoms with Crippen LogP contribution in [0.2, 0.25) is 0 Å². The van der Waals surface area contributed by atoms with Gasteiger partial charge in [0.05, 0.1) is 0 Å². The van der Waals surface area contributed by atoms with Crippen LogP contribution in [0.1, 0.15) is 6.92 Å². The second-order valence-electron chi connectivity index (χ2n) is 3.00. The summed E-state index contributed by atoms with van der Waals surface area (Å²) in [5, 5.41) is 4.06. The molecule has 15 heavy (non-hydrogen) atoms. The van der Waals surface area contributed by atoms with E-state index in [0.29, 0.717) is 12.4 Å². The zero-order valence-corrected chi connectivity index (χ0v) is 10.3. The van der Waals surface area contributed by atoms with Crippen LogP contribution in [0.25, 0.3) is 11.5 Å². The zero-order chi connectivity index (χ0) is 10.8. The van der Waals surface area contributed by atoms with Crippen molar-refractivity contribution < 1.29 is 4.42 Å². The highest BCUT2D eigenvalue weighted by molar-refractivity contribution is 14.1. The van der Waals surface area contributed by atoms with Crippen LogP contribution >= 0.6 is 22.6 Å². The third-order valence-corrected chi connectivity index (χ3v) is 2.72. The molecule has 1 aromatic carbocycles. The minimum absolute atomic E-state index is 0.373. The van der Waals surface area contributed by atoms with Crippen molar-refractivity contribution in [1.29, 1.82) is 0 Å². The second kappa shape index (κ2) is 4.18. The Kier molecular flexibility index (Phi) is 2.90. The van der Waals surface area contributed by atoms with Crippen LogP contribution in [0.15, 0.2) is 33.5 Å². The molecule has 78 valence electrons. The maximum absolute atomic E-state index is 11.2. The quantitative estimate of drug-likeness (QED) is 0.798. The summed E-state index contributed by atoms with van der Waals surface area (Å²) >= 11 is 2.22. The lowest BCUT2D eigenvalue weighted by atomic mass is 10.2. The largest absolute Gasteiger partial charge is 0.437 e. The van der Waals surface area contributed by atoms with E-state index in [0.717, 1.165) is 9.13 Å². The second-order valence-corrected chi connectivity index (χ2v) is 4.24. The molecular formula is C10H9IN2O2. The summed E-state index contributed by atoms with van der Waals surface area (Å²) in [5.41, 5.74) is 0.819. The fraction of sp³-hybridized carbons (Fsp3) is 0.200. The summed E-state index contributed by atoms with van der Waals surface area (Å²) in [6.07, 6.45) is 0. The molecular weight excluding hydrogens is 307 g/mol. The molecule has 0 amide bonds. The summed E-state index contributed by atoms with van der Waals surface area (Å²) in [6, 6.07) is 7.65. The highest BCUT2D eigenvalue weighted by atomic mass is 127. The maximum atomic E-state index is 11.2. The molecule has 4 nitrogen and oxygen atoms in total. The van der Waals surface area contributed by atoms with Crippen LogP contribution in [0.5, 0.6) is 0 Å². The first-order valence-corrected chi connectivity index (χ1v) is 5.62. The van der Waals surface area contributed by atoms with E-state index in [-0.39, 0.29) is 0 Å². The Balaban J connectivity index is 2.45. The average Bonchev–Trinajstić information content (AvgIpc) is 2.61. The van der Waals surface area contributed by atoms with Gasteiger partial charge in [-0.3, -0.25) is 0 Å². The first-order chi connectivity index (χ1) is 7.20. The van der Waals surface area contributed by atoms with E-state index in [1.807, 2.05) is 31.2 Å². The molecule has 0 aliphatic rings. The van der Waals surface area contributed by atoms with Gasteiger partial charge in [0.2, 0.25) is 5.89 Å². The number of hydrogen-bond acceptors (Lipinski definition) is 3. The maximum Gasteiger partial charge on any atom is 0.437 e. The van der Waals surface area contributed by atoms with Gasteiger partial charge in [-0.05, 0) is 53.8 Å². The zero-order valence-electron chi connectivity index (χ0n) is 8.11. The highest BCUT2D eigenvalue weighted by Gasteiger charge is 2.08. The Hall–Kier alpha value is -1.11. The Morgan fingerprint density at radius 1 is 1.40 bits per heavy atom. The van der Waals surface area contributed by atoms with Crippen LogP contribution in [0.3, 0.4) is 0 Å². The number of aryl methyl sites for hydroxylation is 1. The van der Waals surface area contributed by atoms with Crippen LogP contribution in [-0.2, 0) is 6.54 Å². The van der Waals surface area contributed by atoms with Gasteiger partial charge < -0.3 is 4.42 Å². The molecule has 0 saturated heterocycles. The summed E-state index contributed by atoms with van der Waals surface area (Å²) < 4.78 is 7.46. The number of halogens is 1. The van der Waals surface area contributed by atoms with Crippen molar-refractivity contribution in [3.05, 3.63) is 38.4 Å². The van der Waals surface area contributed by atoms with E-state index in [9.17, 15) is 4.79 Å². The van der Waals surface area contributed by atoms with Crippen molar-refractivity contribution >= 4 is 22.6 Å². The fourth-order valence-corrected chi connectivity index (χ4v) is 1.57. The monoisotopic (exact) mass is 316 g/mol. The number of benzene rings is 1. The lowest BCUT2D eigenvalue weighted by Crippen LogP contribution is -2.13. The number of aromatic nitrogens is 2. The van der Waals surface area contributed by atoms with Gasteiger partial charge in [0.25, 0.3) is 0 Å². The minimum Gasteiger partial charge on any atom is -0.388 e. The SMILES string of the molecule is CCn1nc(-c2ccc(I)cc2)oc1=O. The Morgan fingerprint density at radius 3 is 2.60 bits per heavy atom. The van der Waals surface area contributed by atoms with Gasteiger partial charge >= 0.3 is 5.76 Å². The highest BCUT2D eigenvalue weighted by Crippen LogP contribution is 2.16. The molecule has 5 heteroatoms. The Morgan fingerprint density at radius 2 is 2.07 bits per heavy atom. The van der Waals surface area contributed by atoms with Gasteiger partial charge in [0, 0.05) is 15.7 Å². The molecule has 0 bridgehead atoms. The molecule has 0 atom stereocenters. The standard InChI is InChI=1S/C10H9IN2O2/c1-2-13-10(14)15-9(12-13)7-3-5-8(11)6-4-7/h3-6H,2H2,1H3. The topological polar surface area (TPSA) is 48.0 Å². The predicted octanol–water partition coefficient (Wildman–Crippen LogP) is 2.13. The van der Waals surface area contributed by atoms with Crippen molar-refractivity contribution in [3.63, 3.8) is 0 Å². The van der Waals surface area contributed by atoms with E-state index >= 15 is 0 Å². The lowest BCUT2D eigenvalue weighted by molar-refractivity contribution is 0.490. The van der Waals surface area contributed by atoms with Gasteiger partial charge in [-0.25, -0.2) is 4.79 Å². The van der Waals surface area contributed by atoms with Crippen molar-refractivity contribution in [2.75, 3.05) is 0 Å².